The van der Waals surface area contributed by atoms with E-state index in [0.29, 0.717) is 19.4 Å². The molecule has 1 N–H and O–H groups in total. The smallest absolute Gasteiger partial charge is 0.253 e. The Morgan fingerprint density at radius 2 is 1.87 bits per heavy atom. The third-order valence-corrected chi connectivity index (χ3v) is 4.04. The van der Waals surface area contributed by atoms with Gasteiger partial charge in [0, 0.05) is 13.0 Å². The highest BCUT2D eigenvalue weighted by atomic mass is 16.2. The topological polar surface area (TPSA) is 58.5 Å². The van der Waals surface area contributed by atoms with Crippen LogP contribution in [0.5, 0.6) is 0 Å². The molecule has 2 amide bonds. The minimum absolute atomic E-state index is 0.0273. The number of rotatable bonds is 4. The molecule has 0 saturated heterocycles. The van der Waals surface area contributed by atoms with E-state index in [9.17, 15) is 9.59 Å². The van der Waals surface area contributed by atoms with Crippen LogP contribution in [0.2, 0.25) is 0 Å². The van der Waals surface area contributed by atoms with Crippen molar-refractivity contribution < 1.29 is 9.59 Å². The van der Waals surface area contributed by atoms with Gasteiger partial charge in [0.2, 0.25) is 5.91 Å². The Kier molecular flexibility index (Phi) is 5.03. The molecule has 4 heteroatoms. The summed E-state index contributed by atoms with van der Waals surface area (Å²) < 4.78 is 0. The maximum Gasteiger partial charge on any atom is 0.253 e. The van der Waals surface area contributed by atoms with Gasteiger partial charge in [-0.3, -0.25) is 9.59 Å². The number of aryl methyl sites for hydroxylation is 2. The Balaban J connectivity index is 2.02. The van der Waals surface area contributed by atoms with Crippen molar-refractivity contribution in [3.05, 3.63) is 33.8 Å². The molecule has 1 aliphatic heterocycles. The summed E-state index contributed by atoms with van der Waals surface area (Å²) in [6.45, 7) is 10.7. The Labute approximate surface area is 137 Å². The second-order valence-corrected chi connectivity index (χ2v) is 7.59. The van der Waals surface area contributed by atoms with Crippen molar-refractivity contribution in [3.63, 3.8) is 0 Å². The highest BCUT2D eigenvalue weighted by Gasteiger charge is 2.20. The summed E-state index contributed by atoms with van der Waals surface area (Å²) in [5, 5.41) is 4.67. The molecule has 1 aliphatic rings. The van der Waals surface area contributed by atoms with Crippen molar-refractivity contribution in [2.75, 3.05) is 6.54 Å². The van der Waals surface area contributed by atoms with E-state index in [1.807, 2.05) is 39.8 Å². The number of amides is 2. The number of hydrogen-bond donors (Lipinski definition) is 1. The van der Waals surface area contributed by atoms with E-state index in [0.717, 1.165) is 16.1 Å². The van der Waals surface area contributed by atoms with Gasteiger partial charge in [0.15, 0.2) is 0 Å². The van der Waals surface area contributed by atoms with E-state index in [1.165, 1.54) is 5.56 Å². The number of carbonyl (C=O) groups is 2. The molecule has 1 atom stereocenters. The van der Waals surface area contributed by atoms with Gasteiger partial charge < -0.3 is 5.32 Å². The van der Waals surface area contributed by atoms with Gasteiger partial charge in [0.05, 0.1) is 11.3 Å². The van der Waals surface area contributed by atoms with Crippen LogP contribution >= 0.6 is 0 Å². The zero-order valence-corrected chi connectivity index (χ0v) is 14.7. The third kappa shape index (κ3) is 4.75. The van der Waals surface area contributed by atoms with Crippen molar-refractivity contribution in [1.29, 1.82) is 0 Å². The SMILES string of the molecule is Cc1cc2c(cc1C)=NC(=O)C(CCNC(=O)CC(C)(C)C)C=2. The molecule has 1 aromatic rings. The summed E-state index contributed by atoms with van der Waals surface area (Å²) in [4.78, 5) is 28.2. The number of nitrogens with zero attached hydrogens (tertiary/aromatic N) is 1. The average Bonchev–Trinajstić information content (AvgIpc) is 2.39. The maximum atomic E-state index is 12.1. The highest BCUT2D eigenvalue weighted by molar-refractivity contribution is 5.86. The second-order valence-electron chi connectivity index (χ2n) is 7.59. The number of fused-ring (bicyclic) bond motifs is 1. The lowest BCUT2D eigenvalue weighted by Crippen LogP contribution is -2.36. The van der Waals surface area contributed by atoms with Gasteiger partial charge in [-0.05, 0) is 54.2 Å². The van der Waals surface area contributed by atoms with E-state index in [2.05, 4.69) is 23.3 Å². The van der Waals surface area contributed by atoms with Crippen molar-refractivity contribution in [1.82, 2.24) is 5.32 Å². The largest absolute Gasteiger partial charge is 0.356 e. The van der Waals surface area contributed by atoms with Crippen LogP contribution < -0.4 is 15.9 Å². The molecule has 1 unspecified atom stereocenters. The fraction of sp³-hybridized carbons (Fsp3) is 0.526. The zero-order chi connectivity index (χ0) is 17.2. The van der Waals surface area contributed by atoms with Crippen LogP contribution in [-0.4, -0.2) is 18.4 Å². The quantitative estimate of drug-likeness (QED) is 0.921. The molecule has 23 heavy (non-hydrogen) atoms. The zero-order valence-electron chi connectivity index (χ0n) is 14.7. The van der Waals surface area contributed by atoms with E-state index < -0.39 is 0 Å². The molecule has 0 aliphatic carbocycles. The number of benzene rings is 1. The molecule has 4 nitrogen and oxygen atoms in total. The van der Waals surface area contributed by atoms with Gasteiger partial charge in [-0.1, -0.05) is 26.8 Å². The molecule has 2 rings (SSSR count). The monoisotopic (exact) mass is 314 g/mol. The lowest BCUT2D eigenvalue weighted by Gasteiger charge is -2.18. The van der Waals surface area contributed by atoms with Crippen LogP contribution in [0.25, 0.3) is 6.08 Å². The van der Waals surface area contributed by atoms with E-state index in [1.54, 1.807) is 0 Å². The molecule has 0 bridgehead atoms. The Hall–Kier alpha value is -1.97. The van der Waals surface area contributed by atoms with Gasteiger partial charge in [0.1, 0.15) is 0 Å². The lowest BCUT2D eigenvalue weighted by atomic mass is 9.92. The molecular weight excluding hydrogens is 288 g/mol. The molecule has 0 radical (unpaired) electrons. The first kappa shape index (κ1) is 17.4. The number of hydrogen-bond acceptors (Lipinski definition) is 2. The molecule has 0 aromatic heterocycles. The predicted molar refractivity (Wildman–Crippen MR) is 91.4 cm³/mol. The van der Waals surface area contributed by atoms with E-state index >= 15 is 0 Å². The van der Waals surface area contributed by atoms with Crippen LogP contribution in [0.15, 0.2) is 17.1 Å². The van der Waals surface area contributed by atoms with Gasteiger partial charge >= 0.3 is 0 Å². The minimum Gasteiger partial charge on any atom is -0.356 e. The summed E-state index contributed by atoms with van der Waals surface area (Å²) in [5.41, 5.74) is 2.31. The predicted octanol–water partition coefficient (Wildman–Crippen LogP) is 1.80. The minimum atomic E-state index is -0.250. The van der Waals surface area contributed by atoms with E-state index in [-0.39, 0.29) is 23.1 Å². The normalized spacial score (nSPS) is 17.1. The maximum absolute atomic E-state index is 12.1. The van der Waals surface area contributed by atoms with Gasteiger partial charge in [-0.2, -0.15) is 0 Å². The second kappa shape index (κ2) is 6.65. The average molecular weight is 314 g/mol. The third-order valence-electron chi connectivity index (χ3n) is 4.04. The van der Waals surface area contributed by atoms with Crippen LogP contribution in [0.1, 0.15) is 44.7 Å². The Morgan fingerprint density at radius 1 is 1.22 bits per heavy atom. The first-order chi connectivity index (χ1) is 10.7. The van der Waals surface area contributed by atoms with Gasteiger partial charge in [-0.15, -0.1) is 0 Å². The summed E-state index contributed by atoms with van der Waals surface area (Å²) in [5.74, 6) is -0.338. The molecule has 0 saturated carbocycles. The van der Waals surface area contributed by atoms with Crippen LogP contribution in [-0.2, 0) is 9.59 Å². The van der Waals surface area contributed by atoms with Crippen molar-refractivity contribution >= 4 is 17.9 Å². The van der Waals surface area contributed by atoms with Crippen LogP contribution in [0, 0.1) is 25.2 Å². The lowest BCUT2D eigenvalue weighted by molar-refractivity contribution is -0.123. The van der Waals surface area contributed by atoms with Crippen LogP contribution in [0.3, 0.4) is 0 Å². The Bertz CT molecular complexity index is 742. The molecule has 1 heterocycles. The highest BCUT2D eigenvalue weighted by Crippen LogP contribution is 2.18. The summed E-state index contributed by atoms with van der Waals surface area (Å²) in [6.07, 6.45) is 3.05. The van der Waals surface area contributed by atoms with Gasteiger partial charge in [-0.25, -0.2) is 4.99 Å². The fourth-order valence-corrected chi connectivity index (χ4v) is 2.66. The number of carbonyl (C=O) groups excluding carboxylic acids is 2. The molecule has 0 fully saturated rings. The van der Waals surface area contributed by atoms with E-state index in [4.69, 9.17) is 0 Å². The molecule has 124 valence electrons. The summed E-state index contributed by atoms with van der Waals surface area (Å²) in [7, 11) is 0. The molecule has 1 aromatic carbocycles. The first-order valence-electron chi connectivity index (χ1n) is 8.14. The fourth-order valence-electron chi connectivity index (χ4n) is 2.66. The standard InChI is InChI=1S/C19H26N2O2/c1-12-8-15-10-14(18(23)21-16(15)9-13(12)2)6-7-20-17(22)11-19(3,4)5/h8-10,14H,6-7,11H2,1-5H3,(H,20,22). The van der Waals surface area contributed by atoms with Crippen molar-refractivity contribution in [2.45, 2.75) is 47.5 Å². The van der Waals surface area contributed by atoms with Gasteiger partial charge in [0.25, 0.3) is 5.91 Å². The number of nitrogens with one attached hydrogen (secondary N) is 1. The molecule has 0 spiro atoms. The summed E-state index contributed by atoms with van der Waals surface area (Å²) in [6, 6.07) is 4.03. The molecular formula is C19H26N2O2. The summed E-state index contributed by atoms with van der Waals surface area (Å²) >= 11 is 0. The van der Waals surface area contributed by atoms with Crippen molar-refractivity contribution in [2.24, 2.45) is 16.3 Å². The Morgan fingerprint density at radius 3 is 2.52 bits per heavy atom. The first-order valence-corrected chi connectivity index (χ1v) is 8.14. The van der Waals surface area contributed by atoms with Crippen LogP contribution in [0.4, 0.5) is 0 Å². The van der Waals surface area contributed by atoms with Crippen molar-refractivity contribution in [3.8, 4) is 0 Å².